The molecule has 0 aliphatic carbocycles. The molecule has 41 heavy (non-hydrogen) atoms. The molecule has 2 amide bonds. The summed E-state index contributed by atoms with van der Waals surface area (Å²) in [6, 6.07) is 3.77. The molecule has 0 bridgehead atoms. The Hall–Kier alpha value is -3.37. The third-order valence-electron chi connectivity index (χ3n) is 6.09. The summed E-state index contributed by atoms with van der Waals surface area (Å²) in [5.74, 6) is -0.779. The molecule has 0 unspecified atom stereocenters. The van der Waals surface area contributed by atoms with E-state index in [4.69, 9.17) is 9.47 Å². The van der Waals surface area contributed by atoms with Crippen LogP contribution in [0.25, 0.3) is 0 Å². The first-order valence-electron chi connectivity index (χ1n) is 11.7. The van der Waals surface area contributed by atoms with E-state index in [1.807, 2.05) is 0 Å². The Morgan fingerprint density at radius 2 is 1.66 bits per heavy atom. The van der Waals surface area contributed by atoms with Crippen LogP contribution in [0.3, 0.4) is 0 Å². The van der Waals surface area contributed by atoms with Gasteiger partial charge in [0.2, 0.25) is 0 Å². The molecule has 0 saturated carbocycles. The summed E-state index contributed by atoms with van der Waals surface area (Å²) >= 11 is 0. The molecule has 2 aliphatic heterocycles. The first kappa shape index (κ1) is 30.6. The zero-order valence-corrected chi connectivity index (χ0v) is 21.7. The number of alkyl halides is 6. The van der Waals surface area contributed by atoms with Gasteiger partial charge in [0.05, 0.1) is 23.8 Å². The van der Waals surface area contributed by atoms with Gasteiger partial charge in [-0.1, -0.05) is 12.1 Å². The number of ether oxygens (including phenoxy) is 2. The molecule has 2 aromatic carbocycles. The average molecular weight is 614 g/mol. The molecule has 0 aromatic heterocycles. The molecule has 0 spiro atoms. The molecule has 18 heteroatoms. The Balaban J connectivity index is 1.68. The van der Waals surface area contributed by atoms with Gasteiger partial charge >= 0.3 is 26.1 Å². The van der Waals surface area contributed by atoms with Crippen molar-refractivity contribution in [1.82, 2.24) is 20.4 Å². The molecule has 4 rings (SSSR count). The van der Waals surface area contributed by atoms with Gasteiger partial charge in [0.1, 0.15) is 17.7 Å². The third kappa shape index (κ3) is 7.11. The number of amides is 2. The third-order valence-corrected chi connectivity index (χ3v) is 6.89. The van der Waals surface area contributed by atoms with Crippen LogP contribution in [0.2, 0.25) is 0 Å². The number of carbonyl (C=O) groups excluding carboxylic acids is 1. The van der Waals surface area contributed by atoms with E-state index in [0.29, 0.717) is 17.7 Å². The summed E-state index contributed by atoms with van der Waals surface area (Å²) < 4.78 is 117. The Bertz CT molecular complexity index is 1330. The van der Waals surface area contributed by atoms with E-state index >= 15 is 0 Å². The van der Waals surface area contributed by atoms with Gasteiger partial charge in [0.25, 0.3) is 0 Å². The highest BCUT2D eigenvalue weighted by Crippen LogP contribution is 2.41. The Kier molecular flexibility index (Phi) is 8.30. The molecule has 3 atom stereocenters. The van der Waals surface area contributed by atoms with Crippen molar-refractivity contribution in [3.05, 3.63) is 82.6 Å². The molecule has 10 nitrogen and oxygen atoms in total. The number of morpholine rings is 1. The number of urea groups is 1. The Morgan fingerprint density at radius 1 is 1.07 bits per heavy atom. The summed E-state index contributed by atoms with van der Waals surface area (Å²) in [4.78, 5) is 32.1. The summed E-state index contributed by atoms with van der Waals surface area (Å²) in [5, 5.41) is 2.21. The predicted octanol–water partition coefficient (Wildman–Crippen LogP) is 4.76. The summed E-state index contributed by atoms with van der Waals surface area (Å²) in [6.45, 7) is 1.23. The largest absolute Gasteiger partial charge is 0.452 e. The minimum atomic E-state index is -5.07. The van der Waals surface area contributed by atoms with Gasteiger partial charge in [-0.25, -0.2) is 13.8 Å². The molecule has 2 aromatic rings. The van der Waals surface area contributed by atoms with Crippen molar-refractivity contribution in [1.29, 1.82) is 0 Å². The molecule has 2 saturated heterocycles. The van der Waals surface area contributed by atoms with Gasteiger partial charge in [-0.05, 0) is 48.4 Å². The van der Waals surface area contributed by atoms with E-state index in [1.54, 1.807) is 0 Å². The second-order valence-corrected chi connectivity index (χ2v) is 10.4. The Labute approximate surface area is 227 Å². The minimum Gasteiger partial charge on any atom is -0.360 e. The van der Waals surface area contributed by atoms with Crippen molar-refractivity contribution in [3.8, 4) is 0 Å². The molecule has 0 radical (unpaired) electrons. The highest BCUT2D eigenvalue weighted by atomic mass is 31.2. The second-order valence-electron chi connectivity index (χ2n) is 9.00. The van der Waals surface area contributed by atoms with Crippen molar-refractivity contribution in [2.24, 2.45) is 0 Å². The van der Waals surface area contributed by atoms with Crippen LogP contribution >= 0.6 is 7.75 Å². The van der Waals surface area contributed by atoms with E-state index in [0.717, 1.165) is 12.1 Å². The Morgan fingerprint density at radius 3 is 2.17 bits per heavy atom. The SMILES string of the molecule is C[C@@H](O[C@H]1OCCN(C=C2NC(=O)N(P(=O)(O)O)N2)[C@H]1c1ccc(F)cc1)c1cc(C(F)(F)F)cc(C(F)(F)F)c1. The van der Waals surface area contributed by atoms with Gasteiger partial charge in [0.15, 0.2) is 6.29 Å². The van der Waals surface area contributed by atoms with Crippen LogP contribution in [0.5, 0.6) is 0 Å². The number of nitrogens with zero attached hydrogens (tertiary/aromatic N) is 2. The van der Waals surface area contributed by atoms with Gasteiger partial charge < -0.3 is 24.2 Å². The van der Waals surface area contributed by atoms with Crippen LogP contribution in [-0.4, -0.2) is 44.9 Å². The molecule has 2 aliphatic rings. The first-order chi connectivity index (χ1) is 18.9. The topological polar surface area (TPSA) is 124 Å². The quantitative estimate of drug-likeness (QED) is 0.272. The number of hydrogen-bond acceptors (Lipinski definition) is 6. The number of halogens is 7. The van der Waals surface area contributed by atoms with E-state index in [-0.39, 0.29) is 29.8 Å². The van der Waals surface area contributed by atoms with E-state index in [9.17, 15) is 49.9 Å². The van der Waals surface area contributed by atoms with Crippen LogP contribution in [0.15, 0.2) is 54.5 Å². The lowest BCUT2D eigenvalue weighted by molar-refractivity contribution is -0.222. The van der Waals surface area contributed by atoms with Gasteiger partial charge in [0, 0.05) is 12.7 Å². The predicted molar refractivity (Wildman–Crippen MR) is 125 cm³/mol. The van der Waals surface area contributed by atoms with Crippen molar-refractivity contribution >= 4 is 13.8 Å². The van der Waals surface area contributed by atoms with Crippen molar-refractivity contribution in [3.63, 3.8) is 0 Å². The van der Waals surface area contributed by atoms with E-state index in [2.05, 4.69) is 10.7 Å². The number of benzene rings is 2. The zero-order chi connectivity index (χ0) is 30.3. The lowest BCUT2D eigenvalue weighted by Crippen LogP contribution is -2.45. The smallest absolute Gasteiger partial charge is 0.360 e. The molecule has 4 N–H and O–H groups in total. The fraction of sp³-hybridized carbons (Fsp3) is 0.348. The maximum atomic E-state index is 13.7. The van der Waals surface area contributed by atoms with Gasteiger partial charge in [-0.3, -0.25) is 10.7 Å². The summed E-state index contributed by atoms with van der Waals surface area (Å²) in [5.41, 5.74) is -0.942. The molecule has 2 heterocycles. The second kappa shape index (κ2) is 11.1. The maximum Gasteiger partial charge on any atom is 0.452 e. The summed E-state index contributed by atoms with van der Waals surface area (Å²) in [7, 11) is -5.04. The lowest BCUT2D eigenvalue weighted by atomic mass is 10.0. The van der Waals surface area contributed by atoms with Gasteiger partial charge in [-0.2, -0.15) is 26.3 Å². The normalized spacial score (nSPS) is 22.1. The van der Waals surface area contributed by atoms with E-state index in [1.165, 1.54) is 30.2 Å². The van der Waals surface area contributed by atoms with Crippen LogP contribution in [0.1, 0.15) is 41.3 Å². The number of hydrogen-bond donors (Lipinski definition) is 4. The standard InChI is InChI=1S/C23H22F7N4O6P/c1-12(14-8-15(22(25,26)27)10-16(9-14)23(28,29)30)40-20-19(13-2-4-17(24)5-3-13)33(6-7-39-20)11-18-31-21(35)34(32-18)41(36,37)38/h2-5,8-12,19-20,32H,6-7H2,1H3,(H,31,35)(H2,36,37,38)/t12-,19+,20-/m1/s1. The number of rotatable bonds is 6. The monoisotopic (exact) mass is 614 g/mol. The zero-order valence-electron chi connectivity index (χ0n) is 20.8. The fourth-order valence-electron chi connectivity index (χ4n) is 4.19. The van der Waals surface area contributed by atoms with Crippen LogP contribution in [0, 0.1) is 5.82 Å². The van der Waals surface area contributed by atoms with Gasteiger partial charge in [-0.15, -0.1) is 4.78 Å². The van der Waals surface area contributed by atoms with Crippen LogP contribution in [-0.2, 0) is 26.4 Å². The minimum absolute atomic E-state index is 0.00756. The first-order valence-corrected chi connectivity index (χ1v) is 13.2. The summed E-state index contributed by atoms with van der Waals surface area (Å²) in [6.07, 6.45) is -11.6. The van der Waals surface area contributed by atoms with Crippen LogP contribution in [0.4, 0.5) is 35.5 Å². The van der Waals surface area contributed by atoms with Crippen LogP contribution < -0.4 is 10.7 Å². The lowest BCUT2D eigenvalue weighted by Gasteiger charge is -2.41. The fourth-order valence-corrected chi connectivity index (χ4v) is 4.72. The highest BCUT2D eigenvalue weighted by molar-refractivity contribution is 7.49. The molecule has 224 valence electrons. The van der Waals surface area contributed by atoms with E-state index < -0.39 is 67.1 Å². The molecule has 2 fully saturated rings. The number of hydrazine groups is 1. The highest BCUT2D eigenvalue weighted by Gasteiger charge is 2.41. The van der Waals surface area contributed by atoms with Crippen molar-refractivity contribution < 1.29 is 59.4 Å². The molecular formula is C23H22F7N4O6P. The van der Waals surface area contributed by atoms with Crippen molar-refractivity contribution in [2.45, 2.75) is 37.7 Å². The maximum absolute atomic E-state index is 13.7. The average Bonchev–Trinajstić information content (AvgIpc) is 3.24. The number of nitrogens with one attached hydrogen (secondary N) is 2. The number of carbonyl (C=O) groups is 1. The van der Waals surface area contributed by atoms with Crippen molar-refractivity contribution in [2.75, 3.05) is 13.2 Å². The molecular weight excluding hydrogens is 592 g/mol.